The van der Waals surface area contributed by atoms with Gasteiger partial charge in [0, 0.05) is 0 Å². The van der Waals surface area contributed by atoms with Crippen LogP contribution in [0.25, 0.3) is 12.2 Å². The van der Waals surface area contributed by atoms with E-state index in [0.717, 1.165) is 0 Å². The van der Waals surface area contributed by atoms with Crippen molar-refractivity contribution in [3.05, 3.63) is 77.4 Å². The van der Waals surface area contributed by atoms with Crippen LogP contribution < -0.4 is 5.46 Å². The van der Waals surface area contributed by atoms with E-state index in [0.29, 0.717) is 0 Å². The molecule has 0 nitrogen and oxygen atoms in total. The molecule has 0 bridgehead atoms. The van der Waals surface area contributed by atoms with E-state index >= 15 is 0 Å². The maximum atomic E-state index is 2.13. The minimum Gasteiger partial charge on any atom is -0.0889 e. The van der Waals surface area contributed by atoms with Crippen LogP contribution in [0, 0.1) is 6.92 Å². The summed E-state index contributed by atoms with van der Waals surface area (Å²) in [5, 5.41) is 0. The van der Waals surface area contributed by atoms with Gasteiger partial charge in [0.2, 0.25) is 0 Å². The van der Waals surface area contributed by atoms with Crippen LogP contribution in [0.5, 0.6) is 0 Å². The highest BCUT2D eigenvalue weighted by molar-refractivity contribution is 6.32. The molecule has 0 aliphatic carbocycles. The van der Waals surface area contributed by atoms with Gasteiger partial charge in [-0.25, -0.2) is 0 Å². The van der Waals surface area contributed by atoms with Gasteiger partial charge >= 0.3 is 0 Å². The van der Waals surface area contributed by atoms with E-state index in [1.165, 1.54) is 22.2 Å². The van der Waals surface area contributed by atoms with E-state index in [9.17, 15) is 0 Å². The summed E-state index contributed by atoms with van der Waals surface area (Å²) in [5.74, 6) is 0. The van der Waals surface area contributed by atoms with Gasteiger partial charge in [-0.1, -0.05) is 83.9 Å². The Hall–Kier alpha value is -2.02. The van der Waals surface area contributed by atoms with Crippen molar-refractivity contribution in [2.75, 3.05) is 0 Å². The second-order valence-corrected chi connectivity index (χ2v) is 4.54. The summed E-state index contributed by atoms with van der Waals surface area (Å²) in [6, 6.07) is 17.0. The van der Waals surface area contributed by atoms with Crippen LogP contribution in [0.1, 0.15) is 16.7 Å². The highest BCUT2D eigenvalue weighted by atomic mass is 13.9. The number of benzene rings is 2. The van der Waals surface area contributed by atoms with Crippen molar-refractivity contribution < 1.29 is 0 Å². The Morgan fingerprint density at radius 2 is 1.17 bits per heavy atom. The fraction of sp³-hybridized carbons (Fsp3) is 0.0588. The molecule has 0 aliphatic heterocycles. The van der Waals surface area contributed by atoms with Crippen LogP contribution in [0.2, 0.25) is 0 Å². The Labute approximate surface area is 110 Å². The molecule has 18 heavy (non-hydrogen) atoms. The zero-order chi connectivity index (χ0) is 12.8. The third-order valence-corrected chi connectivity index (χ3v) is 2.84. The normalized spacial score (nSPS) is 11.4. The van der Waals surface area contributed by atoms with E-state index in [2.05, 4.69) is 87.6 Å². The molecule has 1 heteroatoms. The van der Waals surface area contributed by atoms with Gasteiger partial charge in [-0.2, -0.15) is 0 Å². The van der Waals surface area contributed by atoms with Gasteiger partial charge < -0.3 is 0 Å². The highest BCUT2D eigenvalue weighted by Gasteiger charge is 1.86. The van der Waals surface area contributed by atoms with Crippen molar-refractivity contribution in [1.29, 1.82) is 0 Å². The summed E-state index contributed by atoms with van der Waals surface area (Å²) in [4.78, 5) is 0. The fourth-order valence-corrected chi connectivity index (χ4v) is 1.69. The largest absolute Gasteiger partial charge is 0.139 e. The van der Waals surface area contributed by atoms with Crippen LogP contribution >= 0.6 is 0 Å². The van der Waals surface area contributed by atoms with Gasteiger partial charge in [-0.15, -0.1) is 0 Å². The molecule has 2 aromatic carbocycles. The van der Waals surface area contributed by atoms with Gasteiger partial charge in [0.25, 0.3) is 0 Å². The lowest BCUT2D eigenvalue weighted by atomic mass is 9.95. The Bertz CT molecular complexity index is 492. The molecule has 0 spiro atoms. The number of hydrogen-bond donors (Lipinski definition) is 0. The Morgan fingerprint density at radius 1 is 0.722 bits per heavy atom. The minimum atomic E-state index is 1.23. The Balaban J connectivity index is 1.98. The van der Waals surface area contributed by atoms with E-state index < -0.39 is 0 Å². The highest BCUT2D eigenvalue weighted by Crippen LogP contribution is 2.06. The summed E-state index contributed by atoms with van der Waals surface area (Å²) >= 11 is 0. The molecule has 0 heterocycles. The van der Waals surface area contributed by atoms with Crippen molar-refractivity contribution >= 4 is 25.5 Å². The van der Waals surface area contributed by atoms with Gasteiger partial charge in [-0.3, -0.25) is 0 Å². The molecule has 0 unspecified atom stereocenters. The summed E-state index contributed by atoms with van der Waals surface area (Å²) in [6.07, 6.45) is 8.38. The zero-order valence-electron chi connectivity index (χ0n) is 10.9. The zero-order valence-corrected chi connectivity index (χ0v) is 10.9. The minimum absolute atomic E-state index is 1.23. The molecule has 0 aliphatic rings. The number of aryl methyl sites for hydroxylation is 1. The molecule has 0 saturated carbocycles. The maximum Gasteiger partial charge on any atom is 0.139 e. The molecule has 0 N–H and O–H groups in total. The second kappa shape index (κ2) is 6.06. The molecule has 0 aromatic heterocycles. The first-order valence-electron chi connectivity index (χ1n) is 6.22. The summed E-state index contributed by atoms with van der Waals surface area (Å²) < 4.78 is 0. The predicted molar refractivity (Wildman–Crippen MR) is 83.9 cm³/mol. The Morgan fingerprint density at radius 3 is 1.67 bits per heavy atom. The number of allylic oxidation sites excluding steroid dienone is 2. The lowest BCUT2D eigenvalue weighted by Gasteiger charge is -1.94. The smallest absolute Gasteiger partial charge is 0.0889 e. The van der Waals surface area contributed by atoms with Crippen LogP contribution in [0.3, 0.4) is 0 Å². The van der Waals surface area contributed by atoms with E-state index in [1.807, 2.05) is 0 Å². The van der Waals surface area contributed by atoms with E-state index in [1.54, 1.807) is 0 Å². The van der Waals surface area contributed by atoms with Crippen molar-refractivity contribution in [2.45, 2.75) is 6.92 Å². The molecule has 0 fully saturated rings. The van der Waals surface area contributed by atoms with Crippen molar-refractivity contribution in [3.63, 3.8) is 0 Å². The first kappa shape index (κ1) is 12.4. The molecule has 2 aromatic rings. The summed E-state index contributed by atoms with van der Waals surface area (Å²) in [6.45, 7) is 2.10. The SMILES string of the molecule is Bc1ccc(/C=C/C=C/c2ccc(C)cc2)cc1. The average molecular weight is 232 g/mol. The maximum absolute atomic E-state index is 2.13. The van der Waals surface area contributed by atoms with Crippen LogP contribution in [-0.2, 0) is 0 Å². The van der Waals surface area contributed by atoms with Gasteiger partial charge in [0.05, 0.1) is 0 Å². The van der Waals surface area contributed by atoms with Gasteiger partial charge in [0.1, 0.15) is 7.85 Å². The predicted octanol–water partition coefficient (Wildman–Crippen LogP) is 2.98. The molecular weight excluding hydrogens is 215 g/mol. The van der Waals surface area contributed by atoms with E-state index in [4.69, 9.17) is 0 Å². The van der Waals surface area contributed by atoms with Gasteiger partial charge in [0.15, 0.2) is 0 Å². The monoisotopic (exact) mass is 232 g/mol. The van der Waals surface area contributed by atoms with E-state index in [-0.39, 0.29) is 0 Å². The van der Waals surface area contributed by atoms with Crippen molar-refractivity contribution in [2.24, 2.45) is 0 Å². The topological polar surface area (TPSA) is 0 Å². The quantitative estimate of drug-likeness (QED) is 0.563. The molecule has 2 rings (SSSR count). The lowest BCUT2D eigenvalue weighted by Crippen LogP contribution is -1.98. The molecule has 88 valence electrons. The van der Waals surface area contributed by atoms with Crippen LogP contribution in [-0.4, -0.2) is 7.85 Å². The Kier molecular flexibility index (Phi) is 4.19. The third kappa shape index (κ3) is 3.78. The van der Waals surface area contributed by atoms with Crippen molar-refractivity contribution in [1.82, 2.24) is 0 Å². The molecule has 0 amide bonds. The van der Waals surface area contributed by atoms with Crippen LogP contribution in [0.4, 0.5) is 0 Å². The van der Waals surface area contributed by atoms with Crippen LogP contribution in [0.15, 0.2) is 60.7 Å². The summed E-state index contributed by atoms with van der Waals surface area (Å²) in [7, 11) is 2.10. The second-order valence-electron chi connectivity index (χ2n) is 4.54. The van der Waals surface area contributed by atoms with Crippen molar-refractivity contribution in [3.8, 4) is 0 Å². The third-order valence-electron chi connectivity index (χ3n) is 2.84. The molecule has 0 radical (unpaired) electrons. The number of rotatable bonds is 3. The molecule has 0 atom stereocenters. The lowest BCUT2D eigenvalue weighted by molar-refractivity contribution is 1.46. The fourth-order valence-electron chi connectivity index (χ4n) is 1.69. The standard InChI is InChI=1S/C17H17B/c1-14-6-8-15(9-7-14)4-2-3-5-16-10-12-17(18)13-11-16/h2-13H,18H2,1H3/b4-2+,5-3+. The average Bonchev–Trinajstić information content (AvgIpc) is 2.39. The first-order valence-corrected chi connectivity index (χ1v) is 6.22. The number of hydrogen-bond acceptors (Lipinski definition) is 0. The summed E-state index contributed by atoms with van der Waals surface area (Å²) in [5.41, 5.74) is 5.05. The van der Waals surface area contributed by atoms with Gasteiger partial charge in [-0.05, 0) is 18.1 Å². The molecule has 0 saturated heterocycles. The first-order chi connectivity index (χ1) is 8.74. The molecular formula is C17H17B.